The lowest BCUT2D eigenvalue weighted by molar-refractivity contribution is 0.549. The molecule has 0 aliphatic heterocycles. The maximum absolute atomic E-state index is 5.75. The van der Waals surface area contributed by atoms with Gasteiger partial charge in [-0.3, -0.25) is 16.3 Å². The Bertz CT molecular complexity index is 458. The fourth-order valence-electron chi connectivity index (χ4n) is 1.62. The number of nitrogens with two attached hydrogens (primary N) is 1. The molecule has 1 unspecified atom stereocenters. The quantitative estimate of drug-likeness (QED) is 0.493. The smallest absolute Gasteiger partial charge is 0.129 e. The fraction of sp³-hybridized carbons (Fsp3) is 0.167. The molecule has 0 bridgehead atoms. The summed E-state index contributed by atoms with van der Waals surface area (Å²) in [4.78, 5) is 8.12. The van der Waals surface area contributed by atoms with Crippen LogP contribution in [0, 0.1) is 0 Å². The summed E-state index contributed by atoms with van der Waals surface area (Å²) >= 11 is 5.75. The first kappa shape index (κ1) is 12.0. The monoisotopic (exact) mass is 248 g/mol. The van der Waals surface area contributed by atoms with Crippen molar-refractivity contribution in [1.82, 2.24) is 15.4 Å². The Morgan fingerprint density at radius 2 is 2.18 bits per heavy atom. The van der Waals surface area contributed by atoms with Crippen molar-refractivity contribution < 1.29 is 0 Å². The van der Waals surface area contributed by atoms with Gasteiger partial charge in [-0.15, -0.1) is 0 Å². The summed E-state index contributed by atoms with van der Waals surface area (Å²) in [5.74, 6) is 5.56. The second kappa shape index (κ2) is 5.72. The molecule has 2 aromatic heterocycles. The summed E-state index contributed by atoms with van der Waals surface area (Å²) in [7, 11) is 0. The average molecular weight is 249 g/mol. The molecular weight excluding hydrogens is 236 g/mol. The summed E-state index contributed by atoms with van der Waals surface area (Å²) < 4.78 is 0. The van der Waals surface area contributed by atoms with Crippen molar-refractivity contribution in [2.45, 2.75) is 12.5 Å². The van der Waals surface area contributed by atoms with Crippen molar-refractivity contribution in [2.24, 2.45) is 5.84 Å². The van der Waals surface area contributed by atoms with Gasteiger partial charge in [0, 0.05) is 18.6 Å². The summed E-state index contributed by atoms with van der Waals surface area (Å²) in [6.45, 7) is 0. The average Bonchev–Trinajstić information content (AvgIpc) is 2.38. The van der Waals surface area contributed by atoms with Gasteiger partial charge < -0.3 is 0 Å². The summed E-state index contributed by atoms with van der Waals surface area (Å²) in [6.07, 6.45) is 6.06. The molecule has 17 heavy (non-hydrogen) atoms. The number of pyridine rings is 2. The molecule has 0 aliphatic carbocycles. The lowest BCUT2D eigenvalue weighted by Crippen LogP contribution is -2.29. The highest BCUT2D eigenvalue weighted by atomic mass is 35.5. The van der Waals surface area contributed by atoms with Crippen molar-refractivity contribution in [3.05, 3.63) is 59.1 Å². The number of nitrogens with zero attached hydrogens (tertiary/aromatic N) is 2. The molecule has 0 radical (unpaired) electrons. The maximum Gasteiger partial charge on any atom is 0.129 e. The minimum absolute atomic E-state index is 0.00367. The van der Waals surface area contributed by atoms with Crippen LogP contribution in [0.4, 0.5) is 0 Å². The highest BCUT2D eigenvalue weighted by molar-refractivity contribution is 6.29. The van der Waals surface area contributed by atoms with Gasteiger partial charge in [-0.05, 0) is 29.7 Å². The minimum atomic E-state index is 0.00367. The molecule has 1 atom stereocenters. The van der Waals surface area contributed by atoms with Gasteiger partial charge in [0.1, 0.15) is 5.15 Å². The van der Waals surface area contributed by atoms with Gasteiger partial charge in [-0.2, -0.15) is 0 Å². The number of halogens is 1. The lowest BCUT2D eigenvalue weighted by atomic mass is 10.0. The van der Waals surface area contributed by atoms with E-state index in [2.05, 4.69) is 15.4 Å². The molecule has 0 fully saturated rings. The van der Waals surface area contributed by atoms with Crippen molar-refractivity contribution >= 4 is 11.6 Å². The number of hydrogen-bond donors (Lipinski definition) is 2. The summed E-state index contributed by atoms with van der Waals surface area (Å²) in [5.41, 5.74) is 4.89. The minimum Gasteiger partial charge on any atom is -0.271 e. The molecule has 0 spiro atoms. The Morgan fingerprint density at radius 1 is 1.29 bits per heavy atom. The van der Waals surface area contributed by atoms with Gasteiger partial charge in [-0.1, -0.05) is 23.7 Å². The molecule has 3 N–H and O–H groups in total. The third kappa shape index (κ3) is 3.23. The third-order valence-electron chi connectivity index (χ3n) is 2.52. The molecule has 0 amide bonds. The predicted molar refractivity (Wildman–Crippen MR) is 67.3 cm³/mol. The van der Waals surface area contributed by atoms with E-state index in [1.165, 1.54) is 0 Å². The molecule has 2 rings (SSSR count). The Balaban J connectivity index is 2.14. The van der Waals surface area contributed by atoms with E-state index in [1.54, 1.807) is 18.5 Å². The molecule has 4 nitrogen and oxygen atoms in total. The molecule has 0 aromatic carbocycles. The number of hydrogen-bond acceptors (Lipinski definition) is 4. The first-order chi connectivity index (χ1) is 8.29. The standard InChI is InChI=1S/C12H13ClN4/c13-12-4-3-10(8-16-12)11(17-14)6-9-2-1-5-15-7-9/h1-5,7-8,11,17H,6,14H2. The van der Waals surface area contributed by atoms with Crippen LogP contribution in [0.5, 0.6) is 0 Å². The Hall–Kier alpha value is -1.49. The van der Waals surface area contributed by atoms with E-state index < -0.39 is 0 Å². The van der Waals surface area contributed by atoms with Crippen LogP contribution in [0.3, 0.4) is 0 Å². The Kier molecular flexibility index (Phi) is 4.03. The second-order valence-electron chi connectivity index (χ2n) is 3.70. The van der Waals surface area contributed by atoms with E-state index in [9.17, 15) is 0 Å². The van der Waals surface area contributed by atoms with Crippen LogP contribution in [0.15, 0.2) is 42.9 Å². The van der Waals surface area contributed by atoms with Gasteiger partial charge in [0.15, 0.2) is 0 Å². The zero-order chi connectivity index (χ0) is 12.1. The normalized spacial score (nSPS) is 12.4. The van der Waals surface area contributed by atoms with Crippen LogP contribution >= 0.6 is 11.6 Å². The molecule has 2 aromatic rings. The van der Waals surface area contributed by atoms with E-state index in [1.807, 2.05) is 24.4 Å². The molecule has 0 saturated heterocycles. The van der Waals surface area contributed by atoms with Gasteiger partial charge in [0.05, 0.1) is 6.04 Å². The third-order valence-corrected chi connectivity index (χ3v) is 2.74. The van der Waals surface area contributed by atoms with Crippen LogP contribution in [-0.2, 0) is 6.42 Å². The highest BCUT2D eigenvalue weighted by Gasteiger charge is 2.10. The van der Waals surface area contributed by atoms with Crippen molar-refractivity contribution in [1.29, 1.82) is 0 Å². The largest absolute Gasteiger partial charge is 0.271 e. The first-order valence-corrected chi connectivity index (χ1v) is 5.64. The Morgan fingerprint density at radius 3 is 2.76 bits per heavy atom. The Labute approximate surface area is 105 Å². The highest BCUT2D eigenvalue weighted by Crippen LogP contribution is 2.17. The van der Waals surface area contributed by atoms with E-state index >= 15 is 0 Å². The van der Waals surface area contributed by atoms with Crippen LogP contribution < -0.4 is 11.3 Å². The first-order valence-electron chi connectivity index (χ1n) is 5.26. The number of aromatic nitrogens is 2. The molecular formula is C12H13ClN4. The van der Waals surface area contributed by atoms with Crippen LogP contribution in [0.2, 0.25) is 5.15 Å². The predicted octanol–water partition coefficient (Wildman–Crippen LogP) is 1.88. The number of nitrogens with one attached hydrogen (secondary N) is 1. The molecule has 0 saturated carbocycles. The maximum atomic E-state index is 5.75. The molecule has 0 aliphatic rings. The van der Waals surface area contributed by atoms with Crippen molar-refractivity contribution in [3.8, 4) is 0 Å². The zero-order valence-electron chi connectivity index (χ0n) is 9.18. The van der Waals surface area contributed by atoms with E-state index in [4.69, 9.17) is 17.4 Å². The lowest BCUT2D eigenvalue weighted by Gasteiger charge is -2.15. The fourth-order valence-corrected chi connectivity index (χ4v) is 1.73. The molecule has 5 heteroatoms. The van der Waals surface area contributed by atoms with Crippen LogP contribution in [-0.4, -0.2) is 9.97 Å². The van der Waals surface area contributed by atoms with Crippen molar-refractivity contribution in [2.75, 3.05) is 0 Å². The summed E-state index contributed by atoms with van der Waals surface area (Å²) in [5, 5.41) is 0.478. The van der Waals surface area contributed by atoms with Crippen LogP contribution in [0.25, 0.3) is 0 Å². The van der Waals surface area contributed by atoms with Gasteiger partial charge >= 0.3 is 0 Å². The van der Waals surface area contributed by atoms with Gasteiger partial charge in [0.25, 0.3) is 0 Å². The van der Waals surface area contributed by atoms with E-state index in [-0.39, 0.29) is 6.04 Å². The van der Waals surface area contributed by atoms with Gasteiger partial charge in [-0.25, -0.2) is 4.98 Å². The van der Waals surface area contributed by atoms with E-state index in [0.717, 1.165) is 17.5 Å². The van der Waals surface area contributed by atoms with E-state index in [0.29, 0.717) is 5.15 Å². The SMILES string of the molecule is NNC(Cc1cccnc1)c1ccc(Cl)nc1. The zero-order valence-corrected chi connectivity index (χ0v) is 9.93. The summed E-state index contributed by atoms with van der Waals surface area (Å²) in [6, 6.07) is 7.59. The number of rotatable bonds is 4. The van der Waals surface area contributed by atoms with Gasteiger partial charge in [0.2, 0.25) is 0 Å². The van der Waals surface area contributed by atoms with Crippen LogP contribution in [0.1, 0.15) is 17.2 Å². The van der Waals surface area contributed by atoms with Crippen molar-refractivity contribution in [3.63, 3.8) is 0 Å². The molecule has 88 valence electrons. The topological polar surface area (TPSA) is 63.8 Å². The number of hydrazine groups is 1. The molecule has 2 heterocycles. The second-order valence-corrected chi connectivity index (χ2v) is 4.09.